The summed E-state index contributed by atoms with van der Waals surface area (Å²) >= 11 is 0. The molecule has 1 aliphatic rings. The van der Waals surface area contributed by atoms with Gasteiger partial charge in [0.05, 0.1) is 37.3 Å². The molecule has 5 N–H and O–H groups in total. The molecule has 1 aliphatic heterocycles. The number of anilines is 2. The van der Waals surface area contributed by atoms with Crippen LogP contribution >= 0.6 is 0 Å². The van der Waals surface area contributed by atoms with Gasteiger partial charge in [-0.25, -0.2) is 0 Å². The number of amides is 3. The van der Waals surface area contributed by atoms with Crippen molar-refractivity contribution in [2.45, 2.75) is 39.0 Å². The van der Waals surface area contributed by atoms with E-state index in [1.54, 1.807) is 49.5 Å². The number of nitrogens with zero attached hydrogens (tertiary/aromatic N) is 1. The number of methoxy groups -OCH3 is 1. The number of unbranched alkanes of at least 4 members (excludes halogenated alkanes) is 1. The van der Waals surface area contributed by atoms with Crippen LogP contribution in [0.4, 0.5) is 11.4 Å². The molecule has 0 spiro atoms. The van der Waals surface area contributed by atoms with Crippen LogP contribution in [0, 0.1) is 12.8 Å². The monoisotopic (exact) mass is 645 g/mol. The number of nitrogens with two attached hydrogens (primary N) is 1. The zero-order valence-corrected chi connectivity index (χ0v) is 27.6. The summed E-state index contributed by atoms with van der Waals surface area (Å²) < 4.78 is 17.4. The number of carbonyl (C=O) groups is 3. The fraction of sp³-hybridized carbons (Fsp3) is 0.417. The van der Waals surface area contributed by atoms with E-state index in [-0.39, 0.29) is 23.6 Å². The van der Waals surface area contributed by atoms with Gasteiger partial charge in [0.25, 0.3) is 11.8 Å². The summed E-state index contributed by atoms with van der Waals surface area (Å²) in [6.07, 6.45) is 3.98. The van der Waals surface area contributed by atoms with Crippen molar-refractivity contribution in [3.63, 3.8) is 0 Å². The van der Waals surface area contributed by atoms with Crippen LogP contribution in [0.5, 0.6) is 17.2 Å². The van der Waals surface area contributed by atoms with Gasteiger partial charge >= 0.3 is 0 Å². The number of piperidine rings is 1. The van der Waals surface area contributed by atoms with E-state index in [1.165, 1.54) is 12.0 Å². The number of para-hydroxylation sites is 1. The number of benzene rings is 3. The van der Waals surface area contributed by atoms with Crippen LogP contribution in [-0.2, 0) is 4.79 Å². The Morgan fingerprint density at radius 1 is 0.915 bits per heavy atom. The Balaban J connectivity index is 1.36. The molecule has 0 radical (unpaired) electrons. The van der Waals surface area contributed by atoms with Crippen molar-refractivity contribution < 1.29 is 28.6 Å². The van der Waals surface area contributed by atoms with Gasteiger partial charge in [0.1, 0.15) is 17.2 Å². The largest absolute Gasteiger partial charge is 0.495 e. The molecule has 0 aliphatic carbocycles. The van der Waals surface area contributed by atoms with E-state index in [0.29, 0.717) is 72.5 Å². The van der Waals surface area contributed by atoms with Crippen LogP contribution in [0.3, 0.4) is 0 Å². The first-order valence-electron chi connectivity index (χ1n) is 16.2. The zero-order valence-electron chi connectivity index (χ0n) is 27.6. The van der Waals surface area contributed by atoms with Crippen LogP contribution in [0.2, 0.25) is 0 Å². The highest BCUT2D eigenvalue weighted by atomic mass is 16.5. The van der Waals surface area contributed by atoms with Gasteiger partial charge < -0.3 is 40.8 Å². The van der Waals surface area contributed by atoms with E-state index in [9.17, 15) is 14.4 Å². The minimum atomic E-state index is -0.367. The Labute approximate surface area is 277 Å². The van der Waals surface area contributed by atoms with E-state index in [1.807, 2.05) is 25.1 Å². The van der Waals surface area contributed by atoms with E-state index in [0.717, 1.165) is 44.3 Å². The van der Waals surface area contributed by atoms with Crippen molar-refractivity contribution in [2.24, 2.45) is 11.7 Å². The first-order chi connectivity index (χ1) is 22.8. The maximum atomic E-state index is 13.6. The van der Waals surface area contributed by atoms with Crippen LogP contribution in [0.15, 0.2) is 60.7 Å². The zero-order chi connectivity index (χ0) is 33.6. The lowest BCUT2D eigenvalue weighted by Crippen LogP contribution is -2.38. The molecule has 252 valence electrons. The Morgan fingerprint density at radius 3 is 2.43 bits per heavy atom. The second kappa shape index (κ2) is 17.9. The number of ether oxygens (including phenoxy) is 3. The average Bonchev–Trinajstić information content (AvgIpc) is 3.10. The maximum absolute atomic E-state index is 13.6. The van der Waals surface area contributed by atoms with Crippen molar-refractivity contribution >= 4 is 29.1 Å². The highest BCUT2D eigenvalue weighted by Crippen LogP contribution is 2.32. The quantitative estimate of drug-likeness (QED) is 0.166. The number of aryl methyl sites for hydroxylation is 1. The Bertz CT molecular complexity index is 1510. The predicted octanol–water partition coefficient (Wildman–Crippen LogP) is 4.53. The molecule has 1 fully saturated rings. The SMILES string of the molecule is COc1cc(C(=O)N(C)c2ccc(C)cc2OCCCCNC(=O)C2CCNCC2)ccc1NC(=O)c1ccccc1OCCCN. The van der Waals surface area contributed by atoms with Crippen LogP contribution < -0.4 is 40.8 Å². The van der Waals surface area contributed by atoms with E-state index >= 15 is 0 Å². The number of rotatable bonds is 16. The molecule has 11 heteroatoms. The topological polar surface area (TPSA) is 144 Å². The van der Waals surface area contributed by atoms with Crippen LogP contribution in [-0.4, -0.2) is 71.3 Å². The Kier molecular flexibility index (Phi) is 13.4. The summed E-state index contributed by atoms with van der Waals surface area (Å²) in [5, 5.41) is 9.20. The summed E-state index contributed by atoms with van der Waals surface area (Å²) in [5.41, 5.74) is 8.37. The Hall–Kier alpha value is -4.61. The summed E-state index contributed by atoms with van der Waals surface area (Å²) in [7, 11) is 3.18. The van der Waals surface area contributed by atoms with Gasteiger partial charge in [-0.3, -0.25) is 14.4 Å². The minimum Gasteiger partial charge on any atom is -0.495 e. The number of carbonyl (C=O) groups excluding carboxylic acids is 3. The summed E-state index contributed by atoms with van der Waals surface area (Å²) in [6, 6.07) is 17.6. The molecule has 3 aromatic rings. The molecular formula is C36H47N5O6. The van der Waals surface area contributed by atoms with Gasteiger partial charge in [-0.05, 0) is 107 Å². The number of nitrogens with one attached hydrogen (secondary N) is 3. The van der Waals surface area contributed by atoms with E-state index in [2.05, 4.69) is 16.0 Å². The molecule has 0 atom stereocenters. The molecule has 0 saturated carbocycles. The van der Waals surface area contributed by atoms with Gasteiger partial charge in [0.2, 0.25) is 5.91 Å². The van der Waals surface area contributed by atoms with Gasteiger partial charge in [-0.15, -0.1) is 0 Å². The normalized spacial score (nSPS) is 13.0. The molecule has 11 nitrogen and oxygen atoms in total. The lowest BCUT2D eigenvalue weighted by molar-refractivity contribution is -0.125. The fourth-order valence-electron chi connectivity index (χ4n) is 5.33. The van der Waals surface area contributed by atoms with Crippen molar-refractivity contribution in [3.05, 3.63) is 77.4 Å². The van der Waals surface area contributed by atoms with Crippen molar-refractivity contribution in [3.8, 4) is 17.2 Å². The smallest absolute Gasteiger partial charge is 0.259 e. The molecule has 0 unspecified atom stereocenters. The second-order valence-corrected chi connectivity index (χ2v) is 11.6. The van der Waals surface area contributed by atoms with Gasteiger partial charge in [0, 0.05) is 25.1 Å². The summed E-state index contributed by atoms with van der Waals surface area (Å²) in [4.78, 5) is 40.7. The molecule has 3 amide bonds. The first-order valence-corrected chi connectivity index (χ1v) is 16.2. The van der Waals surface area contributed by atoms with Gasteiger partial charge in [-0.2, -0.15) is 0 Å². The minimum absolute atomic E-state index is 0.0969. The summed E-state index contributed by atoms with van der Waals surface area (Å²) in [5.74, 6) is 0.993. The third-order valence-electron chi connectivity index (χ3n) is 8.05. The van der Waals surface area contributed by atoms with Gasteiger partial charge in [-0.1, -0.05) is 18.2 Å². The first kappa shape index (κ1) is 35.2. The lowest BCUT2D eigenvalue weighted by Gasteiger charge is -2.22. The molecule has 4 rings (SSSR count). The van der Waals surface area contributed by atoms with E-state index < -0.39 is 0 Å². The molecule has 1 saturated heterocycles. The predicted molar refractivity (Wildman–Crippen MR) is 184 cm³/mol. The standard InChI is InChI=1S/C36H47N5O6/c1-25-11-14-30(33(23-25)47-21-7-6-18-39-34(42)26-15-19-38-20-16-26)41(2)36(44)27-12-13-29(32(24-27)45-3)40-35(43)28-9-4-5-10-31(28)46-22-8-17-37/h4-5,9-14,23-24,26,38H,6-8,15-22,37H2,1-3H3,(H,39,42)(H,40,43). The highest BCUT2D eigenvalue weighted by molar-refractivity contribution is 6.09. The lowest BCUT2D eigenvalue weighted by atomic mass is 9.97. The molecular weight excluding hydrogens is 598 g/mol. The molecule has 0 bridgehead atoms. The molecule has 47 heavy (non-hydrogen) atoms. The average molecular weight is 646 g/mol. The number of hydrogen-bond donors (Lipinski definition) is 4. The van der Waals surface area contributed by atoms with Gasteiger partial charge in [0.15, 0.2) is 0 Å². The third-order valence-corrected chi connectivity index (χ3v) is 8.05. The van der Waals surface area contributed by atoms with E-state index in [4.69, 9.17) is 19.9 Å². The maximum Gasteiger partial charge on any atom is 0.259 e. The molecule has 1 heterocycles. The van der Waals surface area contributed by atoms with Crippen LogP contribution in [0.25, 0.3) is 0 Å². The Morgan fingerprint density at radius 2 is 1.66 bits per heavy atom. The number of hydrogen-bond acceptors (Lipinski definition) is 8. The third kappa shape index (κ3) is 9.94. The van der Waals surface area contributed by atoms with Crippen molar-refractivity contribution in [1.82, 2.24) is 10.6 Å². The van der Waals surface area contributed by atoms with Crippen LogP contribution in [0.1, 0.15) is 58.4 Å². The van der Waals surface area contributed by atoms with Crippen molar-refractivity contribution in [1.29, 1.82) is 0 Å². The molecule has 0 aromatic heterocycles. The summed E-state index contributed by atoms with van der Waals surface area (Å²) in [6.45, 7) is 5.70. The fourth-order valence-corrected chi connectivity index (χ4v) is 5.33. The highest BCUT2D eigenvalue weighted by Gasteiger charge is 2.22. The second-order valence-electron chi connectivity index (χ2n) is 11.6. The molecule has 3 aromatic carbocycles. The van der Waals surface area contributed by atoms with Crippen molar-refractivity contribution in [2.75, 3.05) is 63.8 Å².